The molecule has 0 spiro atoms. The lowest BCUT2D eigenvalue weighted by Crippen LogP contribution is -2.19. The Hall–Kier alpha value is -1.06. The molecule has 1 aliphatic rings. The lowest BCUT2D eigenvalue weighted by atomic mass is 9.86. The summed E-state index contributed by atoms with van der Waals surface area (Å²) >= 11 is 0. The molecule has 1 aromatic rings. The molecule has 3 heteroatoms. The van der Waals surface area contributed by atoms with Gasteiger partial charge in [-0.1, -0.05) is 13.8 Å². The Balaban J connectivity index is 2.69. The van der Waals surface area contributed by atoms with Crippen molar-refractivity contribution in [3.8, 4) is 5.75 Å². The number of aliphatic hydroxyl groups is 1. The molecule has 0 aliphatic heterocycles. The molecule has 0 radical (unpaired) electrons. The lowest BCUT2D eigenvalue weighted by molar-refractivity contribution is 0.0186. The van der Waals surface area contributed by atoms with Crippen LogP contribution in [0.25, 0.3) is 0 Å². The van der Waals surface area contributed by atoms with E-state index in [0.717, 1.165) is 34.2 Å². The number of methoxy groups -OCH3 is 1. The van der Waals surface area contributed by atoms with Crippen LogP contribution in [0.5, 0.6) is 5.75 Å². The van der Waals surface area contributed by atoms with E-state index in [4.69, 9.17) is 4.74 Å². The summed E-state index contributed by atoms with van der Waals surface area (Å²) in [5.41, 5.74) is 5.25. The first kappa shape index (κ1) is 14.4. The molecule has 2 rings (SSSR count). The van der Waals surface area contributed by atoms with E-state index >= 15 is 0 Å². The number of benzene rings is 1. The van der Waals surface area contributed by atoms with Crippen molar-refractivity contribution in [1.29, 1.82) is 0 Å². The van der Waals surface area contributed by atoms with Crippen molar-refractivity contribution >= 4 is 0 Å². The minimum absolute atomic E-state index is 0.00597. The molecule has 1 aliphatic carbocycles. The molecule has 1 atom stereocenters. The molecule has 0 aromatic heterocycles. The van der Waals surface area contributed by atoms with Gasteiger partial charge in [-0.05, 0) is 54.4 Å². The zero-order valence-corrected chi connectivity index (χ0v) is 12.5. The van der Waals surface area contributed by atoms with Crippen molar-refractivity contribution in [2.75, 3.05) is 13.7 Å². The van der Waals surface area contributed by atoms with Crippen LogP contribution in [0, 0.1) is 19.3 Å². The van der Waals surface area contributed by atoms with E-state index in [1.165, 1.54) is 0 Å². The van der Waals surface area contributed by atoms with E-state index in [-0.39, 0.29) is 18.1 Å². The third-order valence-electron chi connectivity index (χ3n) is 4.48. The molecule has 1 aromatic carbocycles. The third-order valence-corrected chi connectivity index (χ3v) is 4.48. The van der Waals surface area contributed by atoms with Gasteiger partial charge < -0.3 is 14.9 Å². The van der Waals surface area contributed by atoms with E-state index in [9.17, 15) is 10.2 Å². The van der Waals surface area contributed by atoms with E-state index < -0.39 is 0 Å². The molecule has 0 saturated heterocycles. The van der Waals surface area contributed by atoms with Gasteiger partial charge in [0.25, 0.3) is 0 Å². The Bertz CT molecular complexity index is 503. The third kappa shape index (κ3) is 2.05. The minimum Gasteiger partial charge on any atom is -0.507 e. The van der Waals surface area contributed by atoms with Crippen LogP contribution in [0.2, 0.25) is 0 Å². The number of fused-ring (bicyclic) bond motifs is 1. The minimum atomic E-state index is -0.0103. The van der Waals surface area contributed by atoms with Gasteiger partial charge in [0.05, 0.1) is 6.10 Å². The molecule has 3 nitrogen and oxygen atoms in total. The van der Waals surface area contributed by atoms with Gasteiger partial charge in [0, 0.05) is 19.3 Å². The first-order valence-corrected chi connectivity index (χ1v) is 6.82. The van der Waals surface area contributed by atoms with Crippen molar-refractivity contribution in [2.45, 2.75) is 46.6 Å². The summed E-state index contributed by atoms with van der Waals surface area (Å²) in [5.74, 6) is 0.386. The van der Waals surface area contributed by atoms with Crippen LogP contribution < -0.4 is 0 Å². The first-order chi connectivity index (χ1) is 8.85. The zero-order valence-electron chi connectivity index (χ0n) is 12.5. The number of ether oxygens (including phenoxy) is 1. The topological polar surface area (TPSA) is 49.7 Å². The molecule has 0 heterocycles. The maximum absolute atomic E-state index is 10.5. The predicted molar refractivity (Wildman–Crippen MR) is 75.6 cm³/mol. The van der Waals surface area contributed by atoms with E-state index in [0.29, 0.717) is 12.2 Å². The largest absolute Gasteiger partial charge is 0.507 e. The highest BCUT2D eigenvalue weighted by Crippen LogP contribution is 2.52. The van der Waals surface area contributed by atoms with Gasteiger partial charge in [0.2, 0.25) is 0 Å². The van der Waals surface area contributed by atoms with Crippen LogP contribution in [-0.2, 0) is 17.6 Å². The molecular weight excluding hydrogens is 240 g/mol. The van der Waals surface area contributed by atoms with Crippen molar-refractivity contribution in [1.82, 2.24) is 0 Å². The van der Waals surface area contributed by atoms with Gasteiger partial charge >= 0.3 is 0 Å². The van der Waals surface area contributed by atoms with E-state index in [1.807, 2.05) is 6.92 Å². The Morgan fingerprint density at radius 1 is 1.26 bits per heavy atom. The van der Waals surface area contributed by atoms with Gasteiger partial charge in [-0.15, -0.1) is 0 Å². The summed E-state index contributed by atoms with van der Waals surface area (Å²) in [7, 11) is 1.73. The van der Waals surface area contributed by atoms with Crippen molar-refractivity contribution in [3.63, 3.8) is 0 Å². The molecule has 106 valence electrons. The highest BCUT2D eigenvalue weighted by Gasteiger charge is 2.42. The molecule has 0 amide bonds. The smallest absolute Gasteiger partial charge is 0.122 e. The normalized spacial score (nSPS) is 20.6. The van der Waals surface area contributed by atoms with Crippen molar-refractivity contribution in [2.24, 2.45) is 5.41 Å². The Kier molecular flexibility index (Phi) is 3.63. The van der Waals surface area contributed by atoms with Crippen molar-refractivity contribution < 1.29 is 14.9 Å². The van der Waals surface area contributed by atoms with Gasteiger partial charge in [-0.2, -0.15) is 0 Å². The fraction of sp³-hybridized carbons (Fsp3) is 0.625. The summed E-state index contributed by atoms with van der Waals surface area (Å²) in [6.07, 6.45) is 1.41. The fourth-order valence-corrected chi connectivity index (χ4v) is 3.56. The molecule has 0 saturated carbocycles. The van der Waals surface area contributed by atoms with Gasteiger partial charge in [0.15, 0.2) is 0 Å². The Morgan fingerprint density at radius 2 is 1.89 bits per heavy atom. The van der Waals surface area contributed by atoms with Crippen LogP contribution in [0.1, 0.15) is 47.8 Å². The van der Waals surface area contributed by atoms with Crippen LogP contribution in [0.3, 0.4) is 0 Å². The highest BCUT2D eigenvalue weighted by molar-refractivity contribution is 5.58. The lowest BCUT2D eigenvalue weighted by Gasteiger charge is -2.27. The van der Waals surface area contributed by atoms with Crippen LogP contribution >= 0.6 is 0 Å². The maximum atomic E-state index is 10.5. The monoisotopic (exact) mass is 264 g/mol. The van der Waals surface area contributed by atoms with Crippen LogP contribution in [-0.4, -0.2) is 23.9 Å². The van der Waals surface area contributed by atoms with E-state index in [1.54, 1.807) is 7.11 Å². The number of aromatic hydroxyl groups is 1. The van der Waals surface area contributed by atoms with Crippen LogP contribution in [0.15, 0.2) is 0 Å². The summed E-state index contributed by atoms with van der Waals surface area (Å²) in [5, 5.41) is 19.7. The number of hydrogen-bond acceptors (Lipinski definition) is 3. The number of hydrogen-bond donors (Lipinski definition) is 2. The number of phenols is 1. The molecular formula is C16H24O3. The average Bonchev–Trinajstić information content (AvgIpc) is 2.63. The molecule has 19 heavy (non-hydrogen) atoms. The van der Waals surface area contributed by atoms with Crippen molar-refractivity contribution in [3.05, 3.63) is 27.8 Å². The average molecular weight is 264 g/mol. The second kappa shape index (κ2) is 4.80. The fourth-order valence-electron chi connectivity index (χ4n) is 3.56. The molecule has 0 fully saturated rings. The standard InChI is InChI=1S/C16H24O3/c1-9-11(6-7-17)10(2)14(18)12-8-16(3,4)15(19-5)13(9)12/h15,17-18H,6-8H2,1-5H3/t15-/m0/s1. The number of aliphatic hydroxyl groups excluding tert-OH is 1. The van der Waals surface area contributed by atoms with E-state index in [2.05, 4.69) is 20.8 Å². The highest BCUT2D eigenvalue weighted by atomic mass is 16.5. The molecule has 0 unspecified atom stereocenters. The molecule has 2 N–H and O–H groups in total. The number of phenolic OH excluding ortho intramolecular Hbond substituents is 1. The predicted octanol–water partition coefficient (Wildman–Crippen LogP) is 2.81. The maximum Gasteiger partial charge on any atom is 0.122 e. The van der Waals surface area contributed by atoms with Crippen LogP contribution in [0.4, 0.5) is 0 Å². The molecule has 0 bridgehead atoms. The zero-order chi connectivity index (χ0) is 14.4. The van der Waals surface area contributed by atoms with Gasteiger partial charge in [-0.3, -0.25) is 0 Å². The second-order valence-corrected chi connectivity index (χ2v) is 6.22. The first-order valence-electron chi connectivity index (χ1n) is 6.82. The summed E-state index contributed by atoms with van der Waals surface area (Å²) < 4.78 is 5.69. The summed E-state index contributed by atoms with van der Waals surface area (Å²) in [6.45, 7) is 8.44. The number of rotatable bonds is 3. The quantitative estimate of drug-likeness (QED) is 0.882. The Labute approximate surface area is 115 Å². The second-order valence-electron chi connectivity index (χ2n) is 6.22. The Morgan fingerprint density at radius 3 is 2.42 bits per heavy atom. The summed E-state index contributed by atoms with van der Waals surface area (Å²) in [6, 6.07) is 0. The van der Waals surface area contributed by atoms with Gasteiger partial charge in [0.1, 0.15) is 5.75 Å². The summed E-state index contributed by atoms with van der Waals surface area (Å²) in [4.78, 5) is 0. The SMILES string of the molecule is CO[C@H]1c2c(C)c(CCO)c(C)c(O)c2CC1(C)C. The van der Waals surface area contributed by atoms with Gasteiger partial charge in [-0.25, -0.2) is 0 Å².